The molecule has 0 amide bonds. The molecule has 84 valence electrons. The van der Waals surface area contributed by atoms with E-state index in [4.69, 9.17) is 5.73 Å². The molecule has 2 aromatic heterocycles. The van der Waals surface area contributed by atoms with Crippen LogP contribution in [0.1, 0.15) is 0 Å². The average Bonchev–Trinajstić information content (AvgIpc) is 2.66. The van der Waals surface area contributed by atoms with Crippen molar-refractivity contribution >= 4 is 17.0 Å². The normalized spacial score (nSPS) is 10.9. The molecule has 3 rings (SSSR count). The Hall–Kier alpha value is -2.43. The number of nitrogens with zero attached hydrogens (tertiary/aromatic N) is 3. The van der Waals surface area contributed by atoms with Crippen LogP contribution >= 0.6 is 0 Å². The number of aromatic nitrogens is 3. The molecule has 0 unspecified atom stereocenters. The second-order valence-electron chi connectivity index (χ2n) is 3.62. The number of rotatable bonds is 1. The minimum Gasteiger partial charge on any atom is -0.369 e. The van der Waals surface area contributed by atoms with Gasteiger partial charge in [0.1, 0.15) is 11.3 Å². The summed E-state index contributed by atoms with van der Waals surface area (Å²) >= 11 is 0. The second kappa shape index (κ2) is 3.55. The van der Waals surface area contributed by atoms with E-state index >= 15 is 0 Å². The molecule has 1 aromatic carbocycles. The van der Waals surface area contributed by atoms with Gasteiger partial charge in [0.2, 0.25) is 5.95 Å². The van der Waals surface area contributed by atoms with Gasteiger partial charge in [0.05, 0.1) is 17.4 Å². The highest BCUT2D eigenvalue weighted by molar-refractivity contribution is 5.79. The lowest BCUT2D eigenvalue weighted by Gasteiger charge is -2.06. The van der Waals surface area contributed by atoms with Gasteiger partial charge in [-0.2, -0.15) is 0 Å². The van der Waals surface area contributed by atoms with E-state index in [1.54, 1.807) is 41.2 Å². The SMILES string of the molecule is Nc1nc2cnccc2n1-c1ccccc1F. The van der Waals surface area contributed by atoms with Gasteiger partial charge in [-0.15, -0.1) is 0 Å². The third kappa shape index (κ3) is 1.44. The fourth-order valence-corrected chi connectivity index (χ4v) is 1.84. The summed E-state index contributed by atoms with van der Waals surface area (Å²) in [6, 6.07) is 8.20. The van der Waals surface area contributed by atoms with Gasteiger partial charge in [-0.3, -0.25) is 9.55 Å². The fraction of sp³-hybridized carbons (Fsp3) is 0. The number of nitrogens with two attached hydrogens (primary N) is 1. The summed E-state index contributed by atoms with van der Waals surface area (Å²) in [6.45, 7) is 0. The number of halogens is 1. The first-order valence-electron chi connectivity index (χ1n) is 5.10. The topological polar surface area (TPSA) is 56.7 Å². The van der Waals surface area contributed by atoms with Crippen LogP contribution in [0.5, 0.6) is 0 Å². The van der Waals surface area contributed by atoms with E-state index in [9.17, 15) is 4.39 Å². The number of hydrogen-bond donors (Lipinski definition) is 1. The Morgan fingerprint density at radius 3 is 2.82 bits per heavy atom. The first-order chi connectivity index (χ1) is 8.27. The van der Waals surface area contributed by atoms with E-state index in [-0.39, 0.29) is 11.8 Å². The minimum absolute atomic E-state index is 0.248. The first-order valence-corrected chi connectivity index (χ1v) is 5.10. The maximum atomic E-state index is 13.7. The molecule has 0 aliphatic carbocycles. The number of anilines is 1. The molecule has 3 aromatic rings. The second-order valence-corrected chi connectivity index (χ2v) is 3.62. The molecule has 0 saturated heterocycles. The predicted octanol–water partition coefficient (Wildman–Crippen LogP) is 2.14. The molecule has 2 heterocycles. The summed E-state index contributed by atoms with van der Waals surface area (Å²) in [5, 5.41) is 0. The number of nitrogen functional groups attached to an aromatic ring is 1. The van der Waals surface area contributed by atoms with Crippen molar-refractivity contribution in [1.82, 2.24) is 14.5 Å². The van der Waals surface area contributed by atoms with Crippen LogP contribution in [-0.4, -0.2) is 14.5 Å². The lowest BCUT2D eigenvalue weighted by atomic mass is 10.3. The molecule has 0 atom stereocenters. The van der Waals surface area contributed by atoms with Crippen molar-refractivity contribution in [3.63, 3.8) is 0 Å². The number of pyridine rings is 1. The van der Waals surface area contributed by atoms with Crippen LogP contribution in [-0.2, 0) is 0 Å². The van der Waals surface area contributed by atoms with Crippen molar-refractivity contribution in [2.75, 3.05) is 5.73 Å². The highest BCUT2D eigenvalue weighted by Gasteiger charge is 2.12. The molecule has 0 fully saturated rings. The largest absolute Gasteiger partial charge is 0.369 e. The zero-order valence-electron chi connectivity index (χ0n) is 8.84. The summed E-state index contributed by atoms with van der Waals surface area (Å²) in [5.41, 5.74) is 7.58. The summed E-state index contributed by atoms with van der Waals surface area (Å²) in [6.07, 6.45) is 3.23. The maximum absolute atomic E-state index is 13.7. The van der Waals surface area contributed by atoms with Gasteiger partial charge in [-0.25, -0.2) is 9.37 Å². The lowest BCUT2D eigenvalue weighted by Crippen LogP contribution is -2.02. The number of hydrogen-bond acceptors (Lipinski definition) is 3. The third-order valence-electron chi connectivity index (χ3n) is 2.58. The van der Waals surface area contributed by atoms with Crippen LogP contribution in [0.4, 0.5) is 10.3 Å². The molecule has 5 heteroatoms. The van der Waals surface area contributed by atoms with Gasteiger partial charge in [0.25, 0.3) is 0 Å². The fourth-order valence-electron chi connectivity index (χ4n) is 1.84. The van der Waals surface area contributed by atoms with Gasteiger partial charge < -0.3 is 5.73 Å². The number of para-hydroxylation sites is 1. The molecule has 0 saturated carbocycles. The van der Waals surface area contributed by atoms with Crippen molar-refractivity contribution in [3.05, 3.63) is 48.5 Å². The maximum Gasteiger partial charge on any atom is 0.206 e. The van der Waals surface area contributed by atoms with Crippen LogP contribution < -0.4 is 5.73 Å². The monoisotopic (exact) mass is 228 g/mol. The van der Waals surface area contributed by atoms with E-state index in [0.29, 0.717) is 11.2 Å². The minimum atomic E-state index is -0.338. The van der Waals surface area contributed by atoms with Crippen LogP contribution in [0, 0.1) is 5.82 Å². The Bertz CT molecular complexity index is 690. The summed E-state index contributed by atoms with van der Waals surface area (Å²) < 4.78 is 15.3. The van der Waals surface area contributed by atoms with Crippen molar-refractivity contribution in [1.29, 1.82) is 0 Å². The molecule has 0 bridgehead atoms. The van der Waals surface area contributed by atoms with Crippen molar-refractivity contribution in [2.24, 2.45) is 0 Å². The summed E-state index contributed by atoms with van der Waals surface area (Å²) in [4.78, 5) is 8.10. The van der Waals surface area contributed by atoms with E-state index in [0.717, 1.165) is 5.52 Å². The van der Waals surface area contributed by atoms with Gasteiger partial charge >= 0.3 is 0 Å². The zero-order chi connectivity index (χ0) is 11.8. The van der Waals surface area contributed by atoms with Crippen molar-refractivity contribution < 1.29 is 4.39 Å². The van der Waals surface area contributed by atoms with E-state index in [2.05, 4.69) is 9.97 Å². The Kier molecular flexibility index (Phi) is 2.04. The van der Waals surface area contributed by atoms with Crippen LogP contribution in [0.25, 0.3) is 16.7 Å². The molecule has 4 nitrogen and oxygen atoms in total. The Morgan fingerprint density at radius 2 is 2.00 bits per heavy atom. The van der Waals surface area contributed by atoms with Gasteiger partial charge in [-0.1, -0.05) is 12.1 Å². The molecule has 17 heavy (non-hydrogen) atoms. The van der Waals surface area contributed by atoms with Crippen LogP contribution in [0.3, 0.4) is 0 Å². The van der Waals surface area contributed by atoms with Crippen molar-refractivity contribution in [3.8, 4) is 5.69 Å². The quantitative estimate of drug-likeness (QED) is 0.694. The van der Waals surface area contributed by atoms with Crippen molar-refractivity contribution in [2.45, 2.75) is 0 Å². The van der Waals surface area contributed by atoms with Gasteiger partial charge in [-0.05, 0) is 18.2 Å². The van der Waals surface area contributed by atoms with Crippen LogP contribution in [0.15, 0.2) is 42.7 Å². The first kappa shape index (κ1) is 9.77. The van der Waals surface area contributed by atoms with E-state index < -0.39 is 0 Å². The Balaban J connectivity index is 2.38. The lowest BCUT2D eigenvalue weighted by molar-refractivity contribution is 0.620. The van der Waals surface area contributed by atoms with Gasteiger partial charge in [0, 0.05) is 6.20 Å². The zero-order valence-corrected chi connectivity index (χ0v) is 8.84. The Morgan fingerprint density at radius 1 is 1.18 bits per heavy atom. The summed E-state index contributed by atoms with van der Waals surface area (Å²) in [5.74, 6) is -0.0894. The molecular formula is C12H9FN4. The molecule has 0 spiro atoms. The third-order valence-corrected chi connectivity index (χ3v) is 2.58. The summed E-state index contributed by atoms with van der Waals surface area (Å²) in [7, 11) is 0. The molecular weight excluding hydrogens is 219 g/mol. The van der Waals surface area contributed by atoms with E-state index in [1.807, 2.05) is 0 Å². The molecule has 0 aliphatic rings. The van der Waals surface area contributed by atoms with Gasteiger partial charge in [0.15, 0.2) is 0 Å². The highest BCUT2D eigenvalue weighted by Crippen LogP contribution is 2.23. The molecule has 0 aliphatic heterocycles. The molecule has 0 radical (unpaired) electrons. The number of benzene rings is 1. The number of imidazole rings is 1. The standard InChI is InChI=1S/C12H9FN4/c13-8-3-1-2-4-10(8)17-11-5-6-15-7-9(11)16-12(17)14/h1-7H,(H2,14,16). The van der Waals surface area contributed by atoms with Crippen LogP contribution in [0.2, 0.25) is 0 Å². The average molecular weight is 228 g/mol. The smallest absolute Gasteiger partial charge is 0.206 e. The number of fused-ring (bicyclic) bond motifs is 1. The predicted molar refractivity (Wildman–Crippen MR) is 63.2 cm³/mol. The van der Waals surface area contributed by atoms with E-state index in [1.165, 1.54) is 6.07 Å². The Labute approximate surface area is 96.5 Å². The highest BCUT2D eigenvalue weighted by atomic mass is 19.1. The molecule has 2 N–H and O–H groups in total.